The summed E-state index contributed by atoms with van der Waals surface area (Å²) in [5.74, 6) is 3.97. The summed E-state index contributed by atoms with van der Waals surface area (Å²) in [6, 6.07) is 7.25. The van der Waals surface area contributed by atoms with Crippen LogP contribution >= 0.6 is 0 Å². The monoisotopic (exact) mass is 257 g/mol. The molecule has 1 heterocycles. The number of terminal acetylenes is 1. The zero-order valence-electron chi connectivity index (χ0n) is 11.3. The highest BCUT2D eigenvalue weighted by molar-refractivity contribution is 5.77. The van der Waals surface area contributed by atoms with Gasteiger partial charge in [0.15, 0.2) is 6.61 Å². The summed E-state index contributed by atoms with van der Waals surface area (Å²) in [5, 5.41) is 0. The van der Waals surface area contributed by atoms with Gasteiger partial charge in [-0.1, -0.05) is 18.9 Å². The number of carbonyl (C=O) groups is 1. The average molecular weight is 257 g/mol. The lowest BCUT2D eigenvalue weighted by Gasteiger charge is -2.30. The highest BCUT2D eigenvalue weighted by Gasteiger charge is 2.20. The topological polar surface area (TPSA) is 29.5 Å². The van der Waals surface area contributed by atoms with Gasteiger partial charge in [0.25, 0.3) is 5.91 Å². The third kappa shape index (κ3) is 3.75. The number of amides is 1. The summed E-state index contributed by atoms with van der Waals surface area (Å²) in [6.07, 6.45) is 7.49. The zero-order chi connectivity index (χ0) is 13.7. The summed E-state index contributed by atoms with van der Waals surface area (Å²) in [5.41, 5.74) is 0.761. The van der Waals surface area contributed by atoms with Gasteiger partial charge in [-0.05, 0) is 37.0 Å². The number of ether oxygens (including phenoxy) is 1. The van der Waals surface area contributed by atoms with Gasteiger partial charge in [-0.15, -0.1) is 6.42 Å². The Morgan fingerprint density at radius 3 is 2.89 bits per heavy atom. The summed E-state index contributed by atoms with van der Waals surface area (Å²) in [6.45, 7) is 3.99. The van der Waals surface area contributed by atoms with Crippen LogP contribution in [0.15, 0.2) is 24.3 Å². The maximum absolute atomic E-state index is 12.0. The minimum absolute atomic E-state index is 0.0537. The number of likely N-dealkylation sites (tertiary alicyclic amines) is 1. The van der Waals surface area contributed by atoms with Crippen LogP contribution in [0.5, 0.6) is 5.75 Å². The molecule has 2 rings (SSSR count). The molecular weight excluding hydrogens is 238 g/mol. The zero-order valence-corrected chi connectivity index (χ0v) is 11.3. The van der Waals surface area contributed by atoms with E-state index in [4.69, 9.17) is 11.2 Å². The second-order valence-electron chi connectivity index (χ2n) is 5.02. The highest BCUT2D eigenvalue weighted by Crippen LogP contribution is 2.17. The molecule has 3 heteroatoms. The van der Waals surface area contributed by atoms with Crippen LogP contribution in [0.1, 0.15) is 25.3 Å². The van der Waals surface area contributed by atoms with Gasteiger partial charge in [-0.3, -0.25) is 4.79 Å². The fourth-order valence-corrected chi connectivity index (χ4v) is 2.17. The van der Waals surface area contributed by atoms with Crippen molar-refractivity contribution in [1.82, 2.24) is 4.90 Å². The van der Waals surface area contributed by atoms with Crippen LogP contribution in [-0.4, -0.2) is 30.5 Å². The van der Waals surface area contributed by atoms with E-state index in [1.165, 1.54) is 0 Å². The molecule has 0 unspecified atom stereocenters. The molecule has 1 aromatic rings. The third-order valence-electron chi connectivity index (χ3n) is 3.50. The van der Waals surface area contributed by atoms with Crippen molar-refractivity contribution in [2.75, 3.05) is 19.7 Å². The molecule has 1 fully saturated rings. The molecule has 0 atom stereocenters. The second-order valence-corrected chi connectivity index (χ2v) is 5.02. The number of carbonyl (C=O) groups excluding carboxylic acids is 1. The Hall–Kier alpha value is -1.95. The van der Waals surface area contributed by atoms with Crippen LogP contribution in [0.2, 0.25) is 0 Å². The van der Waals surface area contributed by atoms with E-state index in [9.17, 15) is 4.79 Å². The molecule has 0 saturated carbocycles. The van der Waals surface area contributed by atoms with Gasteiger partial charge in [0.1, 0.15) is 5.75 Å². The Kier molecular flexibility index (Phi) is 4.46. The fourth-order valence-electron chi connectivity index (χ4n) is 2.17. The van der Waals surface area contributed by atoms with Crippen LogP contribution in [0.25, 0.3) is 0 Å². The number of hydrogen-bond donors (Lipinski definition) is 0. The second kappa shape index (κ2) is 6.29. The van der Waals surface area contributed by atoms with Crippen molar-refractivity contribution < 1.29 is 9.53 Å². The van der Waals surface area contributed by atoms with Gasteiger partial charge < -0.3 is 9.64 Å². The Balaban J connectivity index is 1.84. The molecule has 1 amide bonds. The average Bonchev–Trinajstić information content (AvgIpc) is 2.46. The van der Waals surface area contributed by atoms with Crippen molar-refractivity contribution in [3.05, 3.63) is 29.8 Å². The van der Waals surface area contributed by atoms with Gasteiger partial charge in [0.2, 0.25) is 0 Å². The van der Waals surface area contributed by atoms with Crippen LogP contribution in [-0.2, 0) is 4.79 Å². The predicted molar refractivity (Wildman–Crippen MR) is 74.9 cm³/mol. The largest absolute Gasteiger partial charge is 0.484 e. The van der Waals surface area contributed by atoms with Crippen LogP contribution in [0, 0.1) is 18.3 Å². The fraction of sp³-hybridized carbons (Fsp3) is 0.438. The smallest absolute Gasteiger partial charge is 0.260 e. The molecule has 0 bridgehead atoms. The van der Waals surface area contributed by atoms with Crippen molar-refractivity contribution >= 4 is 5.91 Å². The summed E-state index contributed by atoms with van der Waals surface area (Å²) < 4.78 is 5.50. The van der Waals surface area contributed by atoms with Crippen molar-refractivity contribution in [1.29, 1.82) is 0 Å². The summed E-state index contributed by atoms with van der Waals surface area (Å²) in [7, 11) is 0. The van der Waals surface area contributed by atoms with Gasteiger partial charge >= 0.3 is 0 Å². The van der Waals surface area contributed by atoms with E-state index in [1.807, 2.05) is 23.1 Å². The van der Waals surface area contributed by atoms with Crippen molar-refractivity contribution in [2.45, 2.75) is 19.8 Å². The normalized spacial score (nSPS) is 15.9. The minimum Gasteiger partial charge on any atom is -0.484 e. The lowest BCUT2D eigenvalue weighted by atomic mass is 9.99. The molecule has 0 radical (unpaired) electrons. The summed E-state index contributed by atoms with van der Waals surface area (Å²) >= 11 is 0. The molecule has 0 spiro atoms. The lowest BCUT2D eigenvalue weighted by molar-refractivity contribution is -0.134. The van der Waals surface area contributed by atoms with Crippen molar-refractivity contribution in [2.24, 2.45) is 5.92 Å². The van der Waals surface area contributed by atoms with Gasteiger partial charge in [0.05, 0.1) is 0 Å². The van der Waals surface area contributed by atoms with Crippen LogP contribution in [0.4, 0.5) is 0 Å². The molecule has 100 valence electrons. The van der Waals surface area contributed by atoms with E-state index in [0.717, 1.165) is 37.4 Å². The first kappa shape index (κ1) is 13.5. The first-order valence-corrected chi connectivity index (χ1v) is 6.66. The molecule has 1 aliphatic rings. The molecule has 19 heavy (non-hydrogen) atoms. The molecule has 0 aromatic heterocycles. The maximum atomic E-state index is 12.0. The van der Waals surface area contributed by atoms with Gasteiger partial charge in [-0.2, -0.15) is 0 Å². The SMILES string of the molecule is C#Cc1cccc(OCC(=O)N2CCC(C)CC2)c1. The van der Waals surface area contributed by atoms with E-state index in [2.05, 4.69) is 12.8 Å². The van der Waals surface area contributed by atoms with Crippen LogP contribution < -0.4 is 4.74 Å². The van der Waals surface area contributed by atoms with E-state index < -0.39 is 0 Å². The van der Waals surface area contributed by atoms with Crippen molar-refractivity contribution in [3.63, 3.8) is 0 Å². The number of piperidine rings is 1. The Morgan fingerprint density at radius 1 is 1.47 bits per heavy atom. The first-order chi connectivity index (χ1) is 9.19. The molecule has 1 aromatic carbocycles. The van der Waals surface area contributed by atoms with E-state index in [1.54, 1.807) is 6.07 Å². The first-order valence-electron chi connectivity index (χ1n) is 6.66. The molecule has 3 nitrogen and oxygen atoms in total. The van der Waals surface area contributed by atoms with Gasteiger partial charge in [0, 0.05) is 18.7 Å². The summed E-state index contributed by atoms with van der Waals surface area (Å²) in [4.78, 5) is 13.9. The molecular formula is C16H19NO2. The number of hydrogen-bond acceptors (Lipinski definition) is 2. The van der Waals surface area contributed by atoms with Crippen LogP contribution in [0.3, 0.4) is 0 Å². The number of benzene rings is 1. The van der Waals surface area contributed by atoms with Gasteiger partial charge in [-0.25, -0.2) is 0 Å². The van der Waals surface area contributed by atoms with E-state index in [0.29, 0.717) is 5.75 Å². The highest BCUT2D eigenvalue weighted by atomic mass is 16.5. The number of nitrogens with zero attached hydrogens (tertiary/aromatic N) is 1. The Morgan fingerprint density at radius 2 is 2.21 bits per heavy atom. The molecule has 1 saturated heterocycles. The predicted octanol–water partition coefficient (Wildman–Crippen LogP) is 2.31. The molecule has 1 aliphatic heterocycles. The molecule has 0 aliphatic carbocycles. The van der Waals surface area contributed by atoms with Crippen molar-refractivity contribution in [3.8, 4) is 18.1 Å². The lowest BCUT2D eigenvalue weighted by Crippen LogP contribution is -2.40. The Labute approximate surface area is 114 Å². The molecule has 0 N–H and O–H groups in total. The maximum Gasteiger partial charge on any atom is 0.260 e. The van der Waals surface area contributed by atoms with E-state index >= 15 is 0 Å². The number of rotatable bonds is 3. The third-order valence-corrected chi connectivity index (χ3v) is 3.50. The standard InChI is InChI=1S/C16H19NO2/c1-3-14-5-4-6-15(11-14)19-12-16(18)17-9-7-13(2)8-10-17/h1,4-6,11,13H,7-10,12H2,2H3. The van der Waals surface area contributed by atoms with E-state index in [-0.39, 0.29) is 12.5 Å². The minimum atomic E-state index is 0.0537. The quantitative estimate of drug-likeness (QED) is 0.778. The Bertz CT molecular complexity index is 482.